The van der Waals surface area contributed by atoms with Gasteiger partial charge in [0.15, 0.2) is 0 Å². The van der Waals surface area contributed by atoms with E-state index in [2.05, 4.69) is 15.6 Å². The fourth-order valence-corrected chi connectivity index (χ4v) is 3.43. The van der Waals surface area contributed by atoms with Crippen LogP contribution < -0.4 is 27.8 Å². The third-order valence-electron chi connectivity index (χ3n) is 5.42. The standard InChI is InChI=1S/C24H32F3N7O3/c25-24(26,27)17-7-9-20(31-15-17)33-23(37)19(8-6-16-4-2-1-3-5-16)32-22(36)18(30)14-21(35)34(12-10-28)13-11-29/h1-5,7,9,15,18-19H,6,8,10-14,28-30H2,(H,32,36)(H,31,33,37). The number of nitrogens with two attached hydrogens (primary N) is 3. The van der Waals surface area contributed by atoms with Crippen LogP contribution in [0.25, 0.3) is 0 Å². The summed E-state index contributed by atoms with van der Waals surface area (Å²) in [6.07, 6.45) is -3.72. The van der Waals surface area contributed by atoms with Gasteiger partial charge in [-0.3, -0.25) is 14.4 Å². The van der Waals surface area contributed by atoms with Crippen LogP contribution in [0.2, 0.25) is 0 Å². The van der Waals surface area contributed by atoms with E-state index in [1.165, 1.54) is 4.90 Å². The van der Waals surface area contributed by atoms with Gasteiger partial charge in [0.05, 0.1) is 18.0 Å². The molecule has 0 fully saturated rings. The Labute approximate surface area is 212 Å². The molecule has 0 aliphatic rings. The van der Waals surface area contributed by atoms with Crippen molar-refractivity contribution < 1.29 is 27.6 Å². The second-order valence-electron chi connectivity index (χ2n) is 8.27. The zero-order valence-corrected chi connectivity index (χ0v) is 20.2. The fourth-order valence-electron chi connectivity index (χ4n) is 3.43. The quantitative estimate of drug-likeness (QED) is 0.256. The van der Waals surface area contributed by atoms with Gasteiger partial charge in [-0.2, -0.15) is 13.2 Å². The molecule has 0 saturated heterocycles. The smallest absolute Gasteiger partial charge is 0.343 e. The number of carbonyl (C=O) groups excluding carboxylic acids is 3. The Bertz CT molecular complexity index is 1010. The van der Waals surface area contributed by atoms with E-state index < -0.39 is 41.5 Å². The molecule has 1 aromatic carbocycles. The topological polar surface area (TPSA) is 169 Å². The highest BCUT2D eigenvalue weighted by molar-refractivity contribution is 5.98. The molecular weight excluding hydrogens is 491 g/mol. The summed E-state index contributed by atoms with van der Waals surface area (Å²) in [5, 5.41) is 4.96. The summed E-state index contributed by atoms with van der Waals surface area (Å²) in [5.41, 5.74) is 16.9. The third-order valence-corrected chi connectivity index (χ3v) is 5.42. The van der Waals surface area contributed by atoms with E-state index in [4.69, 9.17) is 17.2 Å². The molecule has 10 nitrogen and oxygen atoms in total. The summed E-state index contributed by atoms with van der Waals surface area (Å²) in [6.45, 7) is 0.943. The maximum absolute atomic E-state index is 12.9. The highest BCUT2D eigenvalue weighted by Crippen LogP contribution is 2.28. The van der Waals surface area contributed by atoms with Crippen molar-refractivity contribution >= 4 is 23.5 Å². The van der Waals surface area contributed by atoms with Crippen LogP contribution in [0.4, 0.5) is 19.0 Å². The molecule has 8 N–H and O–H groups in total. The van der Waals surface area contributed by atoms with Crippen LogP contribution in [0.5, 0.6) is 0 Å². The second kappa shape index (κ2) is 14.3. The Balaban J connectivity index is 2.10. The predicted molar refractivity (Wildman–Crippen MR) is 132 cm³/mol. The minimum absolute atomic E-state index is 0.115. The molecular formula is C24H32F3N7O3. The molecule has 2 rings (SSSR count). The van der Waals surface area contributed by atoms with Gasteiger partial charge in [-0.1, -0.05) is 30.3 Å². The molecule has 0 spiro atoms. The van der Waals surface area contributed by atoms with Gasteiger partial charge in [-0.25, -0.2) is 4.98 Å². The highest BCUT2D eigenvalue weighted by atomic mass is 19.4. The molecule has 0 aliphatic carbocycles. The average Bonchev–Trinajstić information content (AvgIpc) is 2.86. The molecule has 2 atom stereocenters. The number of pyridine rings is 1. The number of alkyl halides is 3. The predicted octanol–water partition coefficient (Wildman–Crippen LogP) is 0.620. The van der Waals surface area contributed by atoms with Crippen molar-refractivity contribution in [2.24, 2.45) is 17.2 Å². The van der Waals surface area contributed by atoms with Crippen molar-refractivity contribution in [1.29, 1.82) is 0 Å². The normalized spacial score (nSPS) is 12.9. The van der Waals surface area contributed by atoms with Crippen LogP contribution in [-0.2, 0) is 27.0 Å². The van der Waals surface area contributed by atoms with Crippen molar-refractivity contribution in [3.8, 4) is 0 Å². The Morgan fingerprint density at radius 3 is 2.16 bits per heavy atom. The van der Waals surface area contributed by atoms with E-state index in [0.29, 0.717) is 12.6 Å². The molecule has 0 aliphatic heterocycles. The molecule has 2 aromatic rings. The lowest BCUT2D eigenvalue weighted by Crippen LogP contribution is -2.52. The van der Waals surface area contributed by atoms with Crippen molar-refractivity contribution in [3.63, 3.8) is 0 Å². The van der Waals surface area contributed by atoms with Gasteiger partial charge in [-0.15, -0.1) is 0 Å². The summed E-state index contributed by atoms with van der Waals surface area (Å²) in [5.74, 6) is -1.95. The number of aryl methyl sites for hydroxylation is 1. The van der Waals surface area contributed by atoms with Crippen LogP contribution >= 0.6 is 0 Å². The highest BCUT2D eigenvalue weighted by Gasteiger charge is 2.31. The number of aromatic nitrogens is 1. The van der Waals surface area contributed by atoms with E-state index >= 15 is 0 Å². The van der Waals surface area contributed by atoms with E-state index in [1.54, 1.807) is 0 Å². The zero-order valence-electron chi connectivity index (χ0n) is 20.2. The van der Waals surface area contributed by atoms with Gasteiger partial charge in [0.1, 0.15) is 11.9 Å². The van der Waals surface area contributed by atoms with Gasteiger partial charge >= 0.3 is 6.18 Å². The van der Waals surface area contributed by atoms with Gasteiger partial charge < -0.3 is 32.7 Å². The molecule has 0 saturated carbocycles. The number of hydrogen-bond acceptors (Lipinski definition) is 7. The van der Waals surface area contributed by atoms with Gasteiger partial charge in [0, 0.05) is 32.4 Å². The summed E-state index contributed by atoms with van der Waals surface area (Å²) < 4.78 is 38.4. The SMILES string of the molecule is NCCN(CCN)C(=O)CC(N)C(=O)NC(CCc1ccccc1)C(=O)Nc1ccc(C(F)(F)F)cn1. The van der Waals surface area contributed by atoms with Gasteiger partial charge in [0.2, 0.25) is 17.7 Å². The number of halogens is 3. The first-order valence-electron chi connectivity index (χ1n) is 11.7. The zero-order chi connectivity index (χ0) is 27.4. The molecule has 3 amide bonds. The van der Waals surface area contributed by atoms with E-state index in [9.17, 15) is 27.6 Å². The molecule has 0 bridgehead atoms. The average molecular weight is 524 g/mol. The molecule has 2 unspecified atom stereocenters. The molecule has 13 heteroatoms. The second-order valence-corrected chi connectivity index (χ2v) is 8.27. The number of nitrogens with one attached hydrogen (secondary N) is 2. The minimum atomic E-state index is -4.57. The lowest BCUT2D eigenvalue weighted by molar-refractivity contribution is -0.137. The maximum atomic E-state index is 12.9. The summed E-state index contributed by atoms with van der Waals surface area (Å²) in [7, 11) is 0. The minimum Gasteiger partial charge on any atom is -0.343 e. The lowest BCUT2D eigenvalue weighted by atomic mass is 10.0. The summed E-state index contributed by atoms with van der Waals surface area (Å²) in [6, 6.07) is 8.64. The number of carbonyl (C=O) groups is 3. The molecule has 202 valence electrons. The molecule has 1 heterocycles. The molecule has 1 aromatic heterocycles. The Morgan fingerprint density at radius 1 is 0.973 bits per heavy atom. The van der Waals surface area contributed by atoms with Crippen LogP contribution in [0.1, 0.15) is 24.0 Å². The van der Waals surface area contributed by atoms with Crippen LogP contribution in [0.3, 0.4) is 0 Å². The monoisotopic (exact) mass is 523 g/mol. The lowest BCUT2D eigenvalue weighted by Gasteiger charge is -2.24. The number of amides is 3. The van der Waals surface area contributed by atoms with E-state index in [-0.39, 0.29) is 44.8 Å². The Kier molecular flexibility index (Phi) is 11.4. The first kappa shape index (κ1) is 29.7. The van der Waals surface area contributed by atoms with Crippen LogP contribution in [-0.4, -0.2) is 65.9 Å². The van der Waals surface area contributed by atoms with Crippen molar-refractivity contribution in [2.45, 2.75) is 37.5 Å². The summed E-state index contributed by atoms with van der Waals surface area (Å²) >= 11 is 0. The first-order valence-corrected chi connectivity index (χ1v) is 11.7. The van der Waals surface area contributed by atoms with Gasteiger partial charge in [0.25, 0.3) is 0 Å². The number of benzene rings is 1. The molecule has 37 heavy (non-hydrogen) atoms. The van der Waals surface area contributed by atoms with Crippen LogP contribution in [0.15, 0.2) is 48.7 Å². The Hall–Kier alpha value is -3.55. The molecule has 0 radical (unpaired) electrons. The fraction of sp³-hybridized carbons (Fsp3) is 0.417. The largest absolute Gasteiger partial charge is 0.417 e. The van der Waals surface area contributed by atoms with E-state index in [0.717, 1.165) is 17.7 Å². The third kappa shape index (κ3) is 9.79. The van der Waals surface area contributed by atoms with Crippen LogP contribution in [0, 0.1) is 0 Å². The van der Waals surface area contributed by atoms with Crippen molar-refractivity contribution in [2.75, 3.05) is 31.5 Å². The number of hydrogen-bond donors (Lipinski definition) is 5. The van der Waals surface area contributed by atoms with Crippen molar-refractivity contribution in [1.82, 2.24) is 15.2 Å². The van der Waals surface area contributed by atoms with E-state index in [1.807, 2.05) is 30.3 Å². The maximum Gasteiger partial charge on any atom is 0.417 e. The summed E-state index contributed by atoms with van der Waals surface area (Å²) in [4.78, 5) is 43.3. The first-order chi connectivity index (χ1) is 17.5. The number of anilines is 1. The Morgan fingerprint density at radius 2 is 1.62 bits per heavy atom. The number of nitrogens with zero attached hydrogens (tertiary/aromatic N) is 2. The van der Waals surface area contributed by atoms with Crippen molar-refractivity contribution in [3.05, 3.63) is 59.8 Å². The van der Waals surface area contributed by atoms with Gasteiger partial charge in [-0.05, 0) is 30.5 Å². The number of rotatable bonds is 13.